The quantitative estimate of drug-likeness (QED) is 0.241. The summed E-state index contributed by atoms with van der Waals surface area (Å²) >= 11 is 0. The second-order valence-corrected chi connectivity index (χ2v) is 11.2. The first kappa shape index (κ1) is 29.3. The first-order chi connectivity index (χ1) is 17.9. The van der Waals surface area contributed by atoms with Crippen molar-refractivity contribution >= 4 is 5.97 Å². The molecule has 2 aromatic rings. The minimum absolute atomic E-state index is 0.0381. The van der Waals surface area contributed by atoms with Gasteiger partial charge in [0.15, 0.2) is 0 Å². The number of carboxylic acid groups (broad SMARTS) is 1. The van der Waals surface area contributed by atoms with E-state index in [4.69, 9.17) is 0 Å². The third-order valence-corrected chi connectivity index (χ3v) is 8.61. The predicted molar refractivity (Wildman–Crippen MR) is 149 cm³/mol. The lowest BCUT2D eigenvalue weighted by Gasteiger charge is -2.38. The molecule has 3 atom stereocenters. The summed E-state index contributed by atoms with van der Waals surface area (Å²) in [7, 11) is 0. The zero-order chi connectivity index (χ0) is 26.7. The molecule has 0 aliphatic heterocycles. The lowest BCUT2D eigenvalue weighted by Crippen LogP contribution is -2.40. The monoisotopic (exact) mass is 512 g/mol. The summed E-state index contributed by atoms with van der Waals surface area (Å²) in [4.78, 5) is 12.5. The summed E-state index contributed by atoms with van der Waals surface area (Å²) in [6.45, 7) is 4.22. The van der Waals surface area contributed by atoms with Crippen LogP contribution < -0.4 is 0 Å². The van der Waals surface area contributed by atoms with Gasteiger partial charge in [-0.3, -0.25) is 4.79 Å². The van der Waals surface area contributed by atoms with Crippen LogP contribution in [-0.4, -0.2) is 23.4 Å². The highest BCUT2D eigenvalue weighted by Crippen LogP contribution is 2.44. The molecule has 1 aliphatic rings. The molecule has 1 saturated carbocycles. The topological polar surface area (TPSA) is 37.3 Å². The molecule has 0 amide bonds. The summed E-state index contributed by atoms with van der Waals surface area (Å²) in [6.07, 6.45) is 7.54. The summed E-state index contributed by atoms with van der Waals surface area (Å²) < 4.78 is 30.4. The highest BCUT2D eigenvalue weighted by atomic mass is 19.2. The SMILES string of the molecule is CCCCCCCC(CCC)C(F)C(F)CC1CCC(C(=O)O)(c2ccc(-c3ccccc3)cc2)CC1. The lowest BCUT2D eigenvalue weighted by atomic mass is 9.65. The van der Waals surface area contributed by atoms with Crippen molar-refractivity contribution in [1.29, 1.82) is 0 Å². The second-order valence-electron chi connectivity index (χ2n) is 11.2. The van der Waals surface area contributed by atoms with E-state index < -0.39 is 23.7 Å². The van der Waals surface area contributed by atoms with Crippen LogP contribution >= 0.6 is 0 Å². The molecule has 0 radical (unpaired) electrons. The Kier molecular flexibility index (Phi) is 11.6. The number of carboxylic acids is 1. The van der Waals surface area contributed by atoms with Gasteiger partial charge in [-0.1, -0.05) is 107 Å². The van der Waals surface area contributed by atoms with Crippen LogP contribution in [0.4, 0.5) is 8.78 Å². The van der Waals surface area contributed by atoms with Gasteiger partial charge >= 0.3 is 5.97 Å². The molecule has 204 valence electrons. The van der Waals surface area contributed by atoms with Gasteiger partial charge in [0.05, 0.1) is 5.41 Å². The Morgan fingerprint density at radius 3 is 2.08 bits per heavy atom. The van der Waals surface area contributed by atoms with Crippen LogP contribution in [0.15, 0.2) is 54.6 Å². The minimum Gasteiger partial charge on any atom is -0.481 e. The van der Waals surface area contributed by atoms with Crippen molar-refractivity contribution < 1.29 is 18.7 Å². The second kappa shape index (κ2) is 14.6. The summed E-state index contributed by atoms with van der Waals surface area (Å²) in [5.41, 5.74) is 2.01. The minimum atomic E-state index is -1.46. The molecule has 1 aliphatic carbocycles. The number of unbranched alkanes of at least 4 members (excludes halogenated alkanes) is 4. The smallest absolute Gasteiger partial charge is 0.314 e. The summed E-state index contributed by atoms with van der Waals surface area (Å²) in [6, 6.07) is 17.9. The van der Waals surface area contributed by atoms with E-state index in [2.05, 4.69) is 6.92 Å². The van der Waals surface area contributed by atoms with E-state index in [0.29, 0.717) is 25.7 Å². The molecule has 3 unspecified atom stereocenters. The van der Waals surface area contributed by atoms with Crippen LogP contribution in [0, 0.1) is 11.8 Å². The Labute approximate surface area is 222 Å². The van der Waals surface area contributed by atoms with Gasteiger partial charge in [0.2, 0.25) is 0 Å². The average Bonchev–Trinajstić information content (AvgIpc) is 2.93. The number of rotatable bonds is 15. The van der Waals surface area contributed by atoms with Gasteiger partial charge in [0.1, 0.15) is 12.3 Å². The van der Waals surface area contributed by atoms with E-state index in [0.717, 1.165) is 48.8 Å². The van der Waals surface area contributed by atoms with Crippen LogP contribution in [0.25, 0.3) is 11.1 Å². The van der Waals surface area contributed by atoms with Gasteiger partial charge in [-0.15, -0.1) is 0 Å². The first-order valence-corrected chi connectivity index (χ1v) is 14.6. The van der Waals surface area contributed by atoms with Crippen molar-refractivity contribution in [3.8, 4) is 11.1 Å². The molecule has 37 heavy (non-hydrogen) atoms. The fourth-order valence-electron chi connectivity index (χ4n) is 6.23. The van der Waals surface area contributed by atoms with Crippen LogP contribution in [-0.2, 0) is 10.2 Å². The molecular formula is C33H46F2O2. The van der Waals surface area contributed by atoms with Crippen LogP contribution in [0.1, 0.15) is 103 Å². The standard InChI is InChI=1S/C33H46F2O2/c1-3-5-6-7-9-15-28(12-4-2)31(35)30(34)24-25-20-22-33(23-21-25,32(36)37)29-18-16-27(17-19-29)26-13-10-8-11-14-26/h8,10-11,13-14,16-19,25,28,30-31H,3-7,9,12,15,20-24H2,1-2H3,(H,36,37). The molecule has 2 aromatic carbocycles. The van der Waals surface area contributed by atoms with Gasteiger partial charge in [-0.25, -0.2) is 8.78 Å². The van der Waals surface area contributed by atoms with Crippen LogP contribution in [0.3, 0.4) is 0 Å². The molecule has 1 N–H and O–H groups in total. The van der Waals surface area contributed by atoms with Gasteiger partial charge < -0.3 is 5.11 Å². The molecule has 0 spiro atoms. The van der Waals surface area contributed by atoms with E-state index in [1.54, 1.807) is 0 Å². The molecule has 0 heterocycles. The summed E-state index contributed by atoms with van der Waals surface area (Å²) in [5.74, 6) is -0.979. The number of hydrogen-bond donors (Lipinski definition) is 1. The molecule has 3 rings (SSSR count). The molecule has 0 saturated heterocycles. The van der Waals surface area contributed by atoms with E-state index in [1.807, 2.05) is 61.5 Å². The van der Waals surface area contributed by atoms with Crippen molar-refractivity contribution in [3.05, 3.63) is 60.2 Å². The molecule has 4 heteroatoms. The summed E-state index contributed by atoms with van der Waals surface area (Å²) in [5, 5.41) is 10.2. The normalized spacial score (nSPS) is 22.3. The van der Waals surface area contributed by atoms with Crippen LogP contribution in [0.5, 0.6) is 0 Å². The van der Waals surface area contributed by atoms with Gasteiger partial charge in [0.25, 0.3) is 0 Å². The number of aliphatic carboxylic acids is 1. The Hall–Kier alpha value is -2.23. The highest BCUT2D eigenvalue weighted by molar-refractivity contribution is 5.82. The number of carbonyl (C=O) groups is 1. The maximum Gasteiger partial charge on any atom is 0.314 e. The fraction of sp³-hybridized carbons (Fsp3) is 0.606. The first-order valence-electron chi connectivity index (χ1n) is 14.6. The molecular weight excluding hydrogens is 466 g/mol. The van der Waals surface area contributed by atoms with E-state index in [-0.39, 0.29) is 18.3 Å². The molecule has 0 bridgehead atoms. The Bertz CT molecular complexity index is 919. The largest absolute Gasteiger partial charge is 0.481 e. The molecule has 0 aromatic heterocycles. The lowest BCUT2D eigenvalue weighted by molar-refractivity contribution is -0.145. The Balaban J connectivity index is 1.57. The van der Waals surface area contributed by atoms with Crippen LogP contribution in [0.2, 0.25) is 0 Å². The predicted octanol–water partition coefficient (Wildman–Crippen LogP) is 9.71. The number of benzene rings is 2. The molecule has 1 fully saturated rings. The maximum absolute atomic E-state index is 15.2. The number of halogens is 2. The third kappa shape index (κ3) is 7.88. The van der Waals surface area contributed by atoms with Gasteiger partial charge in [-0.2, -0.15) is 0 Å². The Morgan fingerprint density at radius 1 is 0.865 bits per heavy atom. The van der Waals surface area contributed by atoms with Gasteiger partial charge in [0, 0.05) is 0 Å². The van der Waals surface area contributed by atoms with Crippen molar-refractivity contribution in [3.63, 3.8) is 0 Å². The van der Waals surface area contributed by atoms with Crippen molar-refractivity contribution in [2.75, 3.05) is 0 Å². The van der Waals surface area contributed by atoms with Crippen molar-refractivity contribution in [1.82, 2.24) is 0 Å². The average molecular weight is 513 g/mol. The van der Waals surface area contributed by atoms with Crippen molar-refractivity contribution in [2.45, 2.75) is 115 Å². The van der Waals surface area contributed by atoms with Gasteiger partial charge in [-0.05, 0) is 73.5 Å². The van der Waals surface area contributed by atoms with E-state index >= 15 is 8.78 Å². The Morgan fingerprint density at radius 2 is 1.49 bits per heavy atom. The zero-order valence-electron chi connectivity index (χ0n) is 22.8. The zero-order valence-corrected chi connectivity index (χ0v) is 22.8. The number of hydrogen-bond acceptors (Lipinski definition) is 1. The van der Waals surface area contributed by atoms with E-state index in [1.165, 1.54) is 19.3 Å². The third-order valence-electron chi connectivity index (χ3n) is 8.61. The maximum atomic E-state index is 15.2. The van der Waals surface area contributed by atoms with Crippen molar-refractivity contribution in [2.24, 2.45) is 11.8 Å². The highest BCUT2D eigenvalue weighted by Gasteiger charge is 2.44. The van der Waals surface area contributed by atoms with E-state index in [9.17, 15) is 9.90 Å². The number of alkyl halides is 2. The molecule has 2 nitrogen and oxygen atoms in total. The fourth-order valence-corrected chi connectivity index (χ4v) is 6.23.